The minimum Gasteiger partial charge on any atom is -0.496 e. The van der Waals surface area contributed by atoms with E-state index in [1.165, 1.54) is 4.90 Å². The highest BCUT2D eigenvalue weighted by atomic mass is 16.5. The molecule has 10 amide bonds. The van der Waals surface area contributed by atoms with Gasteiger partial charge in [-0.05, 0) is 182 Å². The Balaban J connectivity index is 0.000000695. The van der Waals surface area contributed by atoms with E-state index in [1.54, 1.807) is 220 Å². The molecule has 10 rings (SSSR count). The predicted octanol–water partition coefficient (Wildman–Crippen LogP) is 11.2. The van der Waals surface area contributed by atoms with Crippen molar-refractivity contribution in [1.82, 2.24) is 52.8 Å². The van der Waals surface area contributed by atoms with Gasteiger partial charge in [-0.15, -0.1) is 0 Å². The SMILES string of the molecule is CNC(=O)c1cc(NC)ccc1OC.CNC(=O)c1cccc(NC)c1.CNC(=O)c1cccc(NC)c1.CNC(=O)c1cccc(NC)c1.CNC(=O)c1cccc(NC)c1.CNC(=O)c1cccc(NC)c1.CNC(=O)c1cccc(NC)c1.CNC(=O)c1cccc(NC)c1.CNC(=O)c1cccc(NC)c1.CNc1ccc(OC)c(C(=O)N(C)C)c1. The van der Waals surface area contributed by atoms with Crippen LogP contribution in [0.1, 0.15) is 104 Å². The van der Waals surface area contributed by atoms with E-state index >= 15 is 0 Å². The van der Waals surface area contributed by atoms with Crippen LogP contribution in [0, 0.1) is 0 Å². The Morgan fingerprint density at radius 3 is 0.496 bits per heavy atom. The molecule has 0 fully saturated rings. The minimum absolute atomic E-state index is 0.0629. The molecule has 670 valence electrons. The molecule has 0 atom stereocenters. The third kappa shape index (κ3) is 39.5. The largest absolute Gasteiger partial charge is 0.496 e. The van der Waals surface area contributed by atoms with Crippen LogP contribution in [0.25, 0.3) is 0 Å². The van der Waals surface area contributed by atoms with Gasteiger partial charge in [0.15, 0.2) is 0 Å². The van der Waals surface area contributed by atoms with E-state index in [2.05, 4.69) is 101 Å². The van der Waals surface area contributed by atoms with Crippen molar-refractivity contribution < 1.29 is 57.4 Å². The number of nitrogens with zero attached hydrogens (tertiary/aromatic N) is 1. The van der Waals surface area contributed by atoms with Crippen LogP contribution in [-0.4, -0.2) is 226 Å². The average molecular weight is 1720 g/mol. The van der Waals surface area contributed by atoms with E-state index in [9.17, 15) is 47.9 Å². The maximum Gasteiger partial charge on any atom is 0.257 e. The fourth-order valence-electron chi connectivity index (χ4n) is 10.1. The standard InChI is InChI=1S/C11H16N2O2.C10H14N2O2.8C9H12N2O/c1-12-8-5-6-10(15-4)9(7-8)11(14)13(2)3;1-11-7-4-5-9(14-3)8(6-7)10(13)12-2;8*1-10-8-5-3-4-7(6-8)9(12)11-2/h5-7,12H,1-4H3;4-6,11H,1-3H3,(H,12,13);8*3-6,10H,1-2H3,(H,11,12). The van der Waals surface area contributed by atoms with E-state index in [0.29, 0.717) is 67.1 Å². The van der Waals surface area contributed by atoms with Gasteiger partial charge in [0.25, 0.3) is 59.1 Å². The lowest BCUT2D eigenvalue weighted by atomic mass is 10.1. The molecular weight excluding hydrogens is 1590 g/mol. The van der Waals surface area contributed by atoms with Crippen LogP contribution in [0.3, 0.4) is 0 Å². The molecular formula is C93H126N20O12. The maximum absolute atomic E-state index is 11.8. The number of hydrogen-bond acceptors (Lipinski definition) is 22. The molecule has 0 spiro atoms. The van der Waals surface area contributed by atoms with Gasteiger partial charge in [-0.25, -0.2) is 0 Å². The number of amides is 10. The molecule has 32 nitrogen and oxygen atoms in total. The monoisotopic (exact) mass is 1710 g/mol. The van der Waals surface area contributed by atoms with Crippen molar-refractivity contribution in [2.75, 3.05) is 215 Å². The van der Waals surface area contributed by atoms with Crippen molar-refractivity contribution in [3.05, 3.63) is 286 Å². The fourth-order valence-corrected chi connectivity index (χ4v) is 10.1. The van der Waals surface area contributed by atoms with Crippen LogP contribution in [-0.2, 0) is 0 Å². The third-order valence-electron chi connectivity index (χ3n) is 17.2. The molecule has 0 aliphatic rings. The van der Waals surface area contributed by atoms with E-state index in [1.807, 2.05) is 173 Å². The van der Waals surface area contributed by atoms with Crippen LogP contribution in [0.15, 0.2) is 231 Å². The summed E-state index contributed by atoms with van der Waals surface area (Å²) in [7, 11) is 39.3. The lowest BCUT2D eigenvalue weighted by Crippen LogP contribution is -2.22. The Bertz CT molecular complexity index is 4300. The normalized spacial score (nSPS) is 9.24. The number of anilines is 10. The Kier molecular flexibility index (Phi) is 53.1. The molecule has 0 aliphatic carbocycles. The molecule has 0 bridgehead atoms. The highest BCUT2D eigenvalue weighted by Crippen LogP contribution is 2.25. The number of nitrogens with one attached hydrogen (secondary N) is 19. The van der Waals surface area contributed by atoms with Gasteiger partial charge in [0, 0.05) is 249 Å². The number of ether oxygens (including phenoxy) is 2. The van der Waals surface area contributed by atoms with E-state index < -0.39 is 0 Å². The van der Waals surface area contributed by atoms with Crippen LogP contribution in [0.5, 0.6) is 11.5 Å². The van der Waals surface area contributed by atoms with E-state index in [4.69, 9.17) is 9.47 Å². The summed E-state index contributed by atoms with van der Waals surface area (Å²) >= 11 is 0. The molecule has 0 aromatic heterocycles. The zero-order chi connectivity index (χ0) is 93.8. The highest BCUT2D eigenvalue weighted by molar-refractivity contribution is 6.01. The minimum atomic E-state index is -0.154. The first-order valence-electron chi connectivity index (χ1n) is 39.2. The van der Waals surface area contributed by atoms with Crippen molar-refractivity contribution in [1.29, 1.82) is 0 Å². The summed E-state index contributed by atoms with van der Waals surface area (Å²) in [5.74, 6) is 0.441. The molecule has 19 N–H and O–H groups in total. The summed E-state index contributed by atoms with van der Waals surface area (Å²) < 4.78 is 10.2. The van der Waals surface area contributed by atoms with Crippen LogP contribution >= 0.6 is 0 Å². The molecule has 125 heavy (non-hydrogen) atoms. The van der Waals surface area contributed by atoms with Gasteiger partial charge in [-0.1, -0.05) is 48.5 Å². The van der Waals surface area contributed by atoms with Crippen molar-refractivity contribution >= 4 is 116 Å². The van der Waals surface area contributed by atoms with Gasteiger partial charge in [0.2, 0.25) is 0 Å². The Morgan fingerprint density at radius 1 is 0.200 bits per heavy atom. The molecule has 0 saturated carbocycles. The first-order valence-corrected chi connectivity index (χ1v) is 39.2. The number of carbonyl (C=O) groups excluding carboxylic acids is 10. The maximum atomic E-state index is 11.8. The van der Waals surface area contributed by atoms with E-state index in [-0.39, 0.29) is 59.1 Å². The second kappa shape index (κ2) is 61.7. The highest BCUT2D eigenvalue weighted by Gasteiger charge is 2.16. The van der Waals surface area contributed by atoms with Gasteiger partial charge in [-0.3, -0.25) is 47.9 Å². The lowest BCUT2D eigenvalue weighted by molar-refractivity contribution is 0.0821. The number of benzene rings is 10. The van der Waals surface area contributed by atoms with Crippen LogP contribution in [0.2, 0.25) is 0 Å². The number of hydrogen-bond donors (Lipinski definition) is 19. The number of carbonyl (C=O) groups is 10. The predicted molar refractivity (Wildman–Crippen MR) is 512 cm³/mol. The van der Waals surface area contributed by atoms with Crippen LogP contribution in [0.4, 0.5) is 56.9 Å². The van der Waals surface area contributed by atoms with Gasteiger partial charge in [0.1, 0.15) is 11.5 Å². The first kappa shape index (κ1) is 108. The smallest absolute Gasteiger partial charge is 0.257 e. The second-order valence-corrected chi connectivity index (χ2v) is 25.4. The summed E-state index contributed by atoms with van der Waals surface area (Å²) in [5, 5.41) is 52.8. The zero-order valence-corrected chi connectivity index (χ0v) is 75.8. The summed E-state index contributed by atoms with van der Waals surface area (Å²) in [6, 6.07) is 69.5. The van der Waals surface area contributed by atoms with E-state index in [0.717, 1.165) is 56.9 Å². The average Bonchev–Trinajstić information content (AvgIpc) is 0.837. The first-order chi connectivity index (χ1) is 60.0. The lowest BCUT2D eigenvalue weighted by Gasteiger charge is -2.14. The molecule has 0 unspecified atom stereocenters. The summed E-state index contributed by atoms with van der Waals surface area (Å²) in [4.78, 5) is 114. The zero-order valence-electron chi connectivity index (χ0n) is 75.8. The molecule has 10 aromatic carbocycles. The summed E-state index contributed by atoms with van der Waals surface area (Å²) in [5.41, 5.74) is 15.8. The Labute approximate surface area is 735 Å². The number of methoxy groups -OCH3 is 2. The molecule has 0 aliphatic heterocycles. The Morgan fingerprint density at radius 2 is 0.352 bits per heavy atom. The van der Waals surface area contributed by atoms with Crippen LogP contribution < -0.4 is 110 Å². The van der Waals surface area contributed by atoms with Gasteiger partial charge < -0.3 is 115 Å². The summed E-state index contributed by atoms with van der Waals surface area (Å²) in [6.45, 7) is 0. The molecule has 0 radical (unpaired) electrons. The summed E-state index contributed by atoms with van der Waals surface area (Å²) in [6.07, 6.45) is 0. The van der Waals surface area contributed by atoms with Gasteiger partial charge in [-0.2, -0.15) is 0 Å². The molecule has 32 heteroatoms. The van der Waals surface area contributed by atoms with Gasteiger partial charge in [0.05, 0.1) is 25.3 Å². The quantitative estimate of drug-likeness (QED) is 0.0300. The van der Waals surface area contributed by atoms with Crippen molar-refractivity contribution in [3.8, 4) is 11.5 Å². The molecule has 10 aromatic rings. The number of rotatable bonds is 22. The molecule has 0 heterocycles. The topological polar surface area (TPSA) is 421 Å². The van der Waals surface area contributed by atoms with Gasteiger partial charge >= 0.3 is 0 Å². The molecule has 0 saturated heterocycles. The second-order valence-electron chi connectivity index (χ2n) is 25.4. The third-order valence-corrected chi connectivity index (χ3v) is 17.2. The van der Waals surface area contributed by atoms with Crippen molar-refractivity contribution in [2.24, 2.45) is 0 Å². The van der Waals surface area contributed by atoms with Crippen molar-refractivity contribution in [2.45, 2.75) is 0 Å². The van der Waals surface area contributed by atoms with Crippen molar-refractivity contribution in [3.63, 3.8) is 0 Å². The Hall–Kier alpha value is -15.5. The fraction of sp³-hybridized carbons (Fsp3) is 0.247.